The molecular weight excluding hydrogens is 210 g/mol. The Hall–Kier alpha value is -1.59. The van der Waals surface area contributed by atoms with Crippen LogP contribution in [-0.2, 0) is 14.4 Å². The maximum Gasteiger partial charge on any atom is 0.236 e. The SMILES string of the molecule is CC.NC(=O)CNC(=O)C1(C(N)=O)CCC1. The van der Waals surface area contributed by atoms with Crippen LogP contribution in [0.3, 0.4) is 0 Å². The molecule has 0 heterocycles. The van der Waals surface area contributed by atoms with Crippen LogP contribution in [-0.4, -0.2) is 24.3 Å². The second kappa shape index (κ2) is 6.09. The molecule has 5 N–H and O–H groups in total. The van der Waals surface area contributed by atoms with E-state index in [9.17, 15) is 14.4 Å². The Morgan fingerprint density at radius 3 is 1.94 bits per heavy atom. The summed E-state index contributed by atoms with van der Waals surface area (Å²) in [4.78, 5) is 32.9. The van der Waals surface area contributed by atoms with Crippen LogP contribution in [0, 0.1) is 5.41 Å². The van der Waals surface area contributed by atoms with E-state index in [4.69, 9.17) is 11.5 Å². The molecule has 1 fully saturated rings. The molecule has 0 atom stereocenters. The Labute approximate surface area is 94.7 Å². The molecule has 1 aliphatic carbocycles. The van der Waals surface area contributed by atoms with E-state index in [1.165, 1.54) is 0 Å². The molecule has 0 aromatic heterocycles. The van der Waals surface area contributed by atoms with Gasteiger partial charge in [-0.05, 0) is 12.8 Å². The van der Waals surface area contributed by atoms with Gasteiger partial charge < -0.3 is 16.8 Å². The lowest BCUT2D eigenvalue weighted by Gasteiger charge is -2.36. The lowest BCUT2D eigenvalue weighted by Crippen LogP contribution is -2.54. The van der Waals surface area contributed by atoms with E-state index < -0.39 is 23.1 Å². The summed E-state index contributed by atoms with van der Waals surface area (Å²) in [5.41, 5.74) is 8.87. The van der Waals surface area contributed by atoms with Gasteiger partial charge in [-0.1, -0.05) is 20.3 Å². The van der Waals surface area contributed by atoms with Gasteiger partial charge in [-0.2, -0.15) is 0 Å². The third-order valence-electron chi connectivity index (χ3n) is 2.54. The van der Waals surface area contributed by atoms with E-state index in [1.54, 1.807) is 0 Å². The number of hydrogen-bond acceptors (Lipinski definition) is 3. The zero-order valence-corrected chi connectivity index (χ0v) is 9.71. The number of nitrogens with one attached hydrogen (secondary N) is 1. The Morgan fingerprint density at radius 2 is 1.69 bits per heavy atom. The van der Waals surface area contributed by atoms with Gasteiger partial charge >= 0.3 is 0 Å². The third-order valence-corrected chi connectivity index (χ3v) is 2.54. The standard InChI is InChI=1S/C8H13N3O3.C2H6/c9-5(12)4-11-7(14)8(6(10)13)2-1-3-8;1-2/h1-4H2,(H2,9,12)(H2,10,13)(H,11,14);1-2H3. The quantitative estimate of drug-likeness (QED) is 0.552. The first-order chi connectivity index (χ1) is 7.49. The summed E-state index contributed by atoms with van der Waals surface area (Å²) in [5.74, 6) is -1.77. The number of nitrogens with two attached hydrogens (primary N) is 2. The number of primary amides is 2. The zero-order valence-electron chi connectivity index (χ0n) is 9.71. The number of carbonyl (C=O) groups is 3. The molecule has 0 spiro atoms. The van der Waals surface area contributed by atoms with Crippen molar-refractivity contribution in [2.75, 3.05) is 6.54 Å². The summed E-state index contributed by atoms with van der Waals surface area (Å²) in [6, 6.07) is 0. The van der Waals surface area contributed by atoms with E-state index in [0.29, 0.717) is 12.8 Å². The molecule has 0 saturated heterocycles. The third kappa shape index (κ3) is 2.95. The molecule has 3 amide bonds. The number of rotatable bonds is 4. The molecule has 1 rings (SSSR count). The molecule has 1 saturated carbocycles. The first-order valence-electron chi connectivity index (χ1n) is 5.35. The normalized spacial score (nSPS) is 16.1. The van der Waals surface area contributed by atoms with E-state index in [0.717, 1.165) is 6.42 Å². The fraction of sp³-hybridized carbons (Fsp3) is 0.700. The van der Waals surface area contributed by atoms with Crippen molar-refractivity contribution in [3.05, 3.63) is 0 Å². The van der Waals surface area contributed by atoms with Gasteiger partial charge in [0.25, 0.3) is 0 Å². The molecule has 1 aliphatic rings. The molecule has 16 heavy (non-hydrogen) atoms. The van der Waals surface area contributed by atoms with Gasteiger partial charge in [-0.25, -0.2) is 0 Å². The number of carbonyl (C=O) groups excluding carboxylic acids is 3. The van der Waals surface area contributed by atoms with Crippen LogP contribution in [0.4, 0.5) is 0 Å². The van der Waals surface area contributed by atoms with Crippen molar-refractivity contribution in [1.29, 1.82) is 0 Å². The van der Waals surface area contributed by atoms with Crippen LogP contribution in [0.2, 0.25) is 0 Å². The van der Waals surface area contributed by atoms with Crippen molar-refractivity contribution in [1.82, 2.24) is 5.32 Å². The van der Waals surface area contributed by atoms with Crippen LogP contribution in [0.1, 0.15) is 33.1 Å². The smallest absolute Gasteiger partial charge is 0.236 e. The molecule has 0 aliphatic heterocycles. The highest BCUT2D eigenvalue weighted by atomic mass is 16.2. The fourth-order valence-corrected chi connectivity index (χ4v) is 1.45. The molecule has 6 nitrogen and oxygen atoms in total. The van der Waals surface area contributed by atoms with E-state index in [-0.39, 0.29) is 6.54 Å². The van der Waals surface area contributed by atoms with Gasteiger partial charge in [-0.3, -0.25) is 14.4 Å². The summed E-state index contributed by atoms with van der Waals surface area (Å²) in [6.45, 7) is 3.74. The number of amides is 3. The topological polar surface area (TPSA) is 115 Å². The van der Waals surface area contributed by atoms with Crippen molar-refractivity contribution >= 4 is 17.7 Å². The largest absolute Gasteiger partial charge is 0.369 e. The van der Waals surface area contributed by atoms with Gasteiger partial charge in [0.2, 0.25) is 17.7 Å². The summed E-state index contributed by atoms with van der Waals surface area (Å²) in [5, 5.41) is 2.29. The average Bonchev–Trinajstić information content (AvgIpc) is 2.15. The predicted molar refractivity (Wildman–Crippen MR) is 59.0 cm³/mol. The minimum atomic E-state index is -1.10. The van der Waals surface area contributed by atoms with E-state index >= 15 is 0 Å². The van der Waals surface area contributed by atoms with Gasteiger partial charge in [0, 0.05) is 0 Å². The number of hydrogen-bond donors (Lipinski definition) is 3. The first-order valence-corrected chi connectivity index (χ1v) is 5.35. The summed E-state index contributed by atoms with van der Waals surface area (Å²) < 4.78 is 0. The van der Waals surface area contributed by atoms with Crippen molar-refractivity contribution in [3.8, 4) is 0 Å². The molecule has 0 aromatic rings. The van der Waals surface area contributed by atoms with Crippen LogP contribution in [0.15, 0.2) is 0 Å². The second-order valence-electron chi connectivity index (χ2n) is 3.45. The summed E-state index contributed by atoms with van der Waals surface area (Å²) in [7, 11) is 0. The van der Waals surface area contributed by atoms with Crippen molar-refractivity contribution in [2.45, 2.75) is 33.1 Å². The molecule has 6 heteroatoms. The van der Waals surface area contributed by atoms with Gasteiger partial charge in [0.15, 0.2) is 0 Å². The summed E-state index contributed by atoms with van der Waals surface area (Å²) in [6.07, 6.45) is 1.70. The average molecular weight is 229 g/mol. The summed E-state index contributed by atoms with van der Waals surface area (Å²) >= 11 is 0. The van der Waals surface area contributed by atoms with E-state index in [2.05, 4.69) is 5.32 Å². The van der Waals surface area contributed by atoms with Gasteiger partial charge in [0.1, 0.15) is 5.41 Å². The monoisotopic (exact) mass is 229 g/mol. The van der Waals surface area contributed by atoms with Crippen molar-refractivity contribution in [2.24, 2.45) is 16.9 Å². The lowest BCUT2D eigenvalue weighted by atomic mass is 9.67. The van der Waals surface area contributed by atoms with Crippen LogP contribution < -0.4 is 16.8 Å². The molecule has 0 aromatic carbocycles. The van der Waals surface area contributed by atoms with E-state index in [1.807, 2.05) is 13.8 Å². The van der Waals surface area contributed by atoms with Crippen LogP contribution >= 0.6 is 0 Å². The Kier molecular flexibility index (Phi) is 5.49. The molecule has 0 bridgehead atoms. The first kappa shape index (κ1) is 14.4. The van der Waals surface area contributed by atoms with Crippen LogP contribution in [0.5, 0.6) is 0 Å². The highest BCUT2D eigenvalue weighted by molar-refractivity contribution is 6.05. The molecule has 92 valence electrons. The Balaban J connectivity index is 0.00000106. The minimum absolute atomic E-state index is 0.256. The van der Waals surface area contributed by atoms with Gasteiger partial charge in [-0.15, -0.1) is 0 Å². The van der Waals surface area contributed by atoms with Crippen LogP contribution in [0.25, 0.3) is 0 Å². The van der Waals surface area contributed by atoms with Crippen molar-refractivity contribution < 1.29 is 14.4 Å². The molecule has 0 radical (unpaired) electrons. The molecular formula is C10H19N3O3. The highest BCUT2D eigenvalue weighted by Gasteiger charge is 2.49. The Morgan fingerprint density at radius 1 is 1.19 bits per heavy atom. The minimum Gasteiger partial charge on any atom is -0.369 e. The zero-order chi connectivity index (χ0) is 12.8. The maximum absolute atomic E-state index is 11.5. The highest BCUT2D eigenvalue weighted by Crippen LogP contribution is 2.40. The molecule has 0 unspecified atom stereocenters. The predicted octanol–water partition coefficient (Wildman–Crippen LogP) is -0.730. The second-order valence-corrected chi connectivity index (χ2v) is 3.45. The van der Waals surface area contributed by atoms with Crippen molar-refractivity contribution in [3.63, 3.8) is 0 Å². The lowest BCUT2D eigenvalue weighted by molar-refractivity contribution is -0.148. The maximum atomic E-state index is 11.5. The fourth-order valence-electron chi connectivity index (χ4n) is 1.45. The Bertz CT molecular complexity index is 285. The van der Waals surface area contributed by atoms with Gasteiger partial charge in [0.05, 0.1) is 6.54 Å².